The van der Waals surface area contributed by atoms with Crippen molar-refractivity contribution >= 4 is 0 Å². The third kappa shape index (κ3) is 5.53. The maximum absolute atomic E-state index is 5.41. The van der Waals surface area contributed by atoms with Gasteiger partial charge in [0.25, 0.3) is 0 Å². The lowest BCUT2D eigenvalue weighted by atomic mass is 9.84. The van der Waals surface area contributed by atoms with Crippen LogP contribution in [0, 0.1) is 5.92 Å². The van der Waals surface area contributed by atoms with Crippen molar-refractivity contribution in [3.8, 4) is 0 Å². The zero-order valence-electron chi connectivity index (χ0n) is 10.4. The molecule has 0 aromatic carbocycles. The Hall–Kier alpha value is -0.0800. The fraction of sp³-hybridized carbons (Fsp3) is 1.00. The van der Waals surface area contributed by atoms with E-state index in [1.165, 1.54) is 44.9 Å². The lowest BCUT2D eigenvalue weighted by molar-refractivity contribution is 0.132. The predicted molar refractivity (Wildman–Crippen MR) is 65.1 cm³/mol. The van der Waals surface area contributed by atoms with Crippen LogP contribution in [0.2, 0.25) is 0 Å². The molecule has 1 aliphatic rings. The highest BCUT2D eigenvalue weighted by molar-refractivity contribution is 4.73. The number of rotatable bonds is 7. The van der Waals surface area contributed by atoms with Crippen molar-refractivity contribution in [2.24, 2.45) is 5.92 Å². The second-order valence-corrected chi connectivity index (χ2v) is 4.71. The molecule has 0 aromatic rings. The molecule has 1 aliphatic carbocycles. The van der Waals surface area contributed by atoms with Gasteiger partial charge in [-0.25, -0.2) is 0 Å². The van der Waals surface area contributed by atoms with E-state index in [9.17, 15) is 0 Å². The molecule has 15 heavy (non-hydrogen) atoms. The Kier molecular flexibility index (Phi) is 7.03. The number of ether oxygens (including phenoxy) is 1. The molecule has 0 aliphatic heterocycles. The molecule has 1 fully saturated rings. The van der Waals surface area contributed by atoms with Crippen LogP contribution in [-0.2, 0) is 4.74 Å². The molecule has 1 atom stereocenters. The lowest BCUT2D eigenvalue weighted by Gasteiger charge is -2.26. The van der Waals surface area contributed by atoms with Crippen molar-refractivity contribution in [2.75, 3.05) is 20.3 Å². The molecule has 1 rings (SSSR count). The van der Waals surface area contributed by atoms with Crippen molar-refractivity contribution in [1.82, 2.24) is 5.32 Å². The van der Waals surface area contributed by atoms with E-state index in [0.29, 0.717) is 6.04 Å². The standard InChI is InChI=1S/C13H27NO/c1-3-15-10-9-13(14-2)11-12-7-5-4-6-8-12/h12-14H,3-11H2,1-2H3. The zero-order chi connectivity index (χ0) is 10.9. The van der Waals surface area contributed by atoms with E-state index in [-0.39, 0.29) is 0 Å². The van der Waals surface area contributed by atoms with Crippen LogP contribution in [0.4, 0.5) is 0 Å². The molecule has 90 valence electrons. The van der Waals surface area contributed by atoms with E-state index in [2.05, 4.69) is 19.3 Å². The van der Waals surface area contributed by atoms with Crippen LogP contribution < -0.4 is 5.32 Å². The van der Waals surface area contributed by atoms with Gasteiger partial charge in [-0.2, -0.15) is 0 Å². The highest BCUT2D eigenvalue weighted by Crippen LogP contribution is 2.27. The van der Waals surface area contributed by atoms with Crippen LogP contribution in [0.3, 0.4) is 0 Å². The SMILES string of the molecule is CCOCCC(CC1CCCCC1)NC. The van der Waals surface area contributed by atoms with Crippen molar-refractivity contribution in [3.63, 3.8) is 0 Å². The maximum Gasteiger partial charge on any atom is 0.0480 e. The molecule has 2 nitrogen and oxygen atoms in total. The molecule has 1 unspecified atom stereocenters. The van der Waals surface area contributed by atoms with E-state index >= 15 is 0 Å². The van der Waals surface area contributed by atoms with Crippen LogP contribution in [-0.4, -0.2) is 26.3 Å². The Morgan fingerprint density at radius 3 is 2.60 bits per heavy atom. The molecule has 0 heterocycles. The van der Waals surface area contributed by atoms with Crippen LogP contribution in [0.5, 0.6) is 0 Å². The minimum absolute atomic E-state index is 0.666. The van der Waals surface area contributed by atoms with E-state index in [1.54, 1.807) is 0 Å². The molecule has 0 radical (unpaired) electrons. The summed E-state index contributed by atoms with van der Waals surface area (Å²) in [5, 5.41) is 3.43. The van der Waals surface area contributed by atoms with E-state index < -0.39 is 0 Å². The number of nitrogens with one attached hydrogen (secondary N) is 1. The topological polar surface area (TPSA) is 21.3 Å². The second-order valence-electron chi connectivity index (χ2n) is 4.71. The third-order valence-corrected chi connectivity index (χ3v) is 3.57. The molecule has 0 aromatic heterocycles. The van der Waals surface area contributed by atoms with Crippen molar-refractivity contribution in [3.05, 3.63) is 0 Å². The highest BCUT2D eigenvalue weighted by Gasteiger charge is 2.17. The van der Waals surface area contributed by atoms with Crippen molar-refractivity contribution < 1.29 is 4.74 Å². The Morgan fingerprint density at radius 1 is 1.27 bits per heavy atom. The minimum Gasteiger partial charge on any atom is -0.382 e. The Morgan fingerprint density at radius 2 is 2.00 bits per heavy atom. The predicted octanol–water partition coefficient (Wildman–Crippen LogP) is 2.97. The van der Waals surface area contributed by atoms with Crippen LogP contribution in [0.1, 0.15) is 51.9 Å². The van der Waals surface area contributed by atoms with Crippen LogP contribution >= 0.6 is 0 Å². The van der Waals surface area contributed by atoms with Gasteiger partial charge in [-0.05, 0) is 32.7 Å². The Labute approximate surface area is 94.8 Å². The molecule has 1 N–H and O–H groups in total. The summed E-state index contributed by atoms with van der Waals surface area (Å²) in [4.78, 5) is 0. The summed E-state index contributed by atoms with van der Waals surface area (Å²) in [6.45, 7) is 3.82. The third-order valence-electron chi connectivity index (χ3n) is 3.57. The van der Waals surface area contributed by atoms with Gasteiger partial charge >= 0.3 is 0 Å². The highest BCUT2D eigenvalue weighted by atomic mass is 16.5. The van der Waals surface area contributed by atoms with Gasteiger partial charge in [0.2, 0.25) is 0 Å². The van der Waals surface area contributed by atoms with Gasteiger partial charge in [-0.15, -0.1) is 0 Å². The maximum atomic E-state index is 5.41. The van der Waals surface area contributed by atoms with Gasteiger partial charge in [0, 0.05) is 19.3 Å². The average Bonchev–Trinajstić information content (AvgIpc) is 2.29. The van der Waals surface area contributed by atoms with Gasteiger partial charge in [-0.1, -0.05) is 32.1 Å². The Bertz CT molecular complexity index is 143. The van der Waals surface area contributed by atoms with Crippen molar-refractivity contribution in [2.45, 2.75) is 57.9 Å². The first kappa shape index (κ1) is 13.0. The number of hydrogen-bond donors (Lipinski definition) is 1. The van der Waals surface area contributed by atoms with E-state index in [1.807, 2.05) is 0 Å². The molecule has 0 spiro atoms. The molecule has 1 saturated carbocycles. The van der Waals surface area contributed by atoms with E-state index in [4.69, 9.17) is 4.74 Å². The summed E-state index contributed by atoms with van der Waals surface area (Å²) < 4.78 is 5.41. The van der Waals surface area contributed by atoms with Gasteiger partial charge < -0.3 is 10.1 Å². The minimum atomic E-state index is 0.666. The molecule has 2 heteroatoms. The van der Waals surface area contributed by atoms with Crippen LogP contribution in [0.25, 0.3) is 0 Å². The summed E-state index contributed by atoms with van der Waals surface area (Å²) in [7, 11) is 2.08. The molecular formula is C13H27NO. The first-order valence-electron chi connectivity index (χ1n) is 6.61. The quantitative estimate of drug-likeness (QED) is 0.656. The smallest absolute Gasteiger partial charge is 0.0480 e. The monoisotopic (exact) mass is 213 g/mol. The lowest BCUT2D eigenvalue weighted by Crippen LogP contribution is -2.30. The average molecular weight is 213 g/mol. The molecule has 0 amide bonds. The normalized spacial score (nSPS) is 20.4. The second kappa shape index (κ2) is 8.12. The Balaban J connectivity index is 2.13. The van der Waals surface area contributed by atoms with Crippen molar-refractivity contribution in [1.29, 1.82) is 0 Å². The summed E-state index contributed by atoms with van der Waals surface area (Å²) in [6.07, 6.45) is 9.78. The van der Waals surface area contributed by atoms with Gasteiger partial charge in [0.15, 0.2) is 0 Å². The van der Waals surface area contributed by atoms with Crippen LogP contribution in [0.15, 0.2) is 0 Å². The summed E-state index contributed by atoms with van der Waals surface area (Å²) in [6, 6.07) is 0.666. The first-order chi connectivity index (χ1) is 7.36. The molecular weight excluding hydrogens is 186 g/mol. The fourth-order valence-corrected chi connectivity index (χ4v) is 2.58. The summed E-state index contributed by atoms with van der Waals surface area (Å²) >= 11 is 0. The first-order valence-corrected chi connectivity index (χ1v) is 6.61. The largest absolute Gasteiger partial charge is 0.382 e. The molecule has 0 bridgehead atoms. The van der Waals surface area contributed by atoms with Gasteiger partial charge in [0.1, 0.15) is 0 Å². The van der Waals surface area contributed by atoms with Gasteiger partial charge in [0.05, 0.1) is 0 Å². The number of hydrogen-bond acceptors (Lipinski definition) is 2. The summed E-state index contributed by atoms with van der Waals surface area (Å²) in [5.74, 6) is 0.970. The van der Waals surface area contributed by atoms with E-state index in [0.717, 1.165) is 19.1 Å². The molecule has 0 saturated heterocycles. The van der Waals surface area contributed by atoms with Gasteiger partial charge in [-0.3, -0.25) is 0 Å². The zero-order valence-corrected chi connectivity index (χ0v) is 10.4. The summed E-state index contributed by atoms with van der Waals surface area (Å²) in [5.41, 5.74) is 0. The fourth-order valence-electron chi connectivity index (χ4n) is 2.58.